The molecule has 0 aliphatic carbocycles. The van der Waals surface area contributed by atoms with Gasteiger partial charge in [-0.05, 0) is 46.9 Å². The van der Waals surface area contributed by atoms with Crippen molar-refractivity contribution in [2.24, 2.45) is 0 Å². The number of carbonyl (C=O) groups excluding carboxylic acids is 2. The van der Waals surface area contributed by atoms with Gasteiger partial charge in [-0.1, -0.05) is 6.07 Å². The number of pyridine rings is 1. The topological polar surface area (TPSA) is 132 Å². The maximum absolute atomic E-state index is 12.8. The molecule has 3 N–H and O–H groups in total. The van der Waals surface area contributed by atoms with E-state index in [1.807, 2.05) is 32.7 Å². The highest BCUT2D eigenvalue weighted by atomic mass is 32.1. The number of thiazole rings is 1. The van der Waals surface area contributed by atoms with E-state index in [1.54, 1.807) is 36.5 Å². The first-order chi connectivity index (χ1) is 17.2. The first-order valence-electron chi connectivity index (χ1n) is 11.1. The summed E-state index contributed by atoms with van der Waals surface area (Å²) in [5.74, 6) is -0.912. The lowest BCUT2D eigenvalue weighted by atomic mass is 10.1. The standard InChI is InChI=1S/C23H28F3N7O3S/c1-6-33-20(36)15(37-21(33)14(10-27)19(35)29-13-23(24,25)26)11-28-16-8-7-9-17(30-16)31-18(34)12-32(5)22(2,3)4/h7-9,11H,6,12-13H2,1-5H3,(H,29,35)(H2,28,30,31,34)/b15-11+,21-14-. The predicted octanol–water partition coefficient (Wildman–Crippen LogP) is 1.20. The summed E-state index contributed by atoms with van der Waals surface area (Å²) in [7, 11) is 1.83. The normalized spacial score (nSPS) is 13.2. The van der Waals surface area contributed by atoms with Crippen molar-refractivity contribution in [1.82, 2.24) is 19.8 Å². The molecular weight excluding hydrogens is 511 g/mol. The first kappa shape index (κ1) is 29.5. The highest BCUT2D eigenvalue weighted by Gasteiger charge is 2.29. The van der Waals surface area contributed by atoms with Gasteiger partial charge in [-0.15, -0.1) is 11.3 Å². The number of nitriles is 1. The second kappa shape index (κ2) is 12.0. The summed E-state index contributed by atoms with van der Waals surface area (Å²) in [6.07, 6.45) is -3.34. The average Bonchev–Trinajstić information content (AvgIpc) is 3.10. The Morgan fingerprint density at radius 1 is 1.24 bits per heavy atom. The monoisotopic (exact) mass is 539 g/mol. The molecule has 2 aromatic heterocycles. The molecule has 0 spiro atoms. The van der Waals surface area contributed by atoms with Crippen LogP contribution in [0, 0.1) is 11.3 Å². The zero-order valence-electron chi connectivity index (χ0n) is 21.0. The van der Waals surface area contributed by atoms with Crippen LogP contribution in [0.4, 0.5) is 24.8 Å². The fraction of sp³-hybridized carbons (Fsp3) is 0.435. The van der Waals surface area contributed by atoms with Crippen LogP contribution in [0.15, 0.2) is 23.0 Å². The molecule has 0 atom stereocenters. The number of amides is 2. The second-order valence-electron chi connectivity index (χ2n) is 8.88. The van der Waals surface area contributed by atoms with Gasteiger partial charge in [0.15, 0.2) is 5.57 Å². The van der Waals surface area contributed by atoms with Crippen LogP contribution < -0.4 is 30.7 Å². The van der Waals surface area contributed by atoms with Crippen LogP contribution in [0.2, 0.25) is 0 Å². The SMILES string of the molecule is CCn1c(=O)/c(=C\Nc2cccc(NC(=O)CN(C)C(C)(C)C)n2)s/c1=C(/C#N)C(=O)NCC(F)(F)F. The Bertz CT molecular complexity index is 1370. The first-order valence-corrected chi connectivity index (χ1v) is 11.9. The van der Waals surface area contributed by atoms with E-state index in [4.69, 9.17) is 0 Å². The summed E-state index contributed by atoms with van der Waals surface area (Å²) in [5.41, 5.74) is -1.34. The third kappa shape index (κ3) is 8.43. The third-order valence-electron chi connectivity index (χ3n) is 5.12. The molecule has 0 saturated heterocycles. The lowest BCUT2D eigenvalue weighted by Crippen LogP contribution is -2.42. The van der Waals surface area contributed by atoms with E-state index < -0.39 is 29.8 Å². The van der Waals surface area contributed by atoms with E-state index in [0.29, 0.717) is 5.82 Å². The van der Waals surface area contributed by atoms with Crippen molar-refractivity contribution in [1.29, 1.82) is 5.26 Å². The Hall–Kier alpha value is -3.70. The summed E-state index contributed by atoms with van der Waals surface area (Å²) in [4.78, 5) is 43.5. The molecule has 0 bridgehead atoms. The smallest absolute Gasteiger partial charge is 0.345 e. The molecule has 2 heterocycles. The van der Waals surface area contributed by atoms with Gasteiger partial charge in [0.1, 0.15) is 33.4 Å². The van der Waals surface area contributed by atoms with Crippen LogP contribution in [-0.2, 0) is 16.1 Å². The number of aromatic nitrogens is 2. The molecule has 0 saturated carbocycles. The largest absolute Gasteiger partial charge is 0.405 e. The van der Waals surface area contributed by atoms with E-state index in [9.17, 15) is 32.8 Å². The Morgan fingerprint density at radius 3 is 2.46 bits per heavy atom. The molecule has 0 aromatic carbocycles. The van der Waals surface area contributed by atoms with Gasteiger partial charge in [0.2, 0.25) is 5.91 Å². The van der Waals surface area contributed by atoms with E-state index in [1.165, 1.54) is 6.20 Å². The third-order valence-corrected chi connectivity index (χ3v) is 6.25. The molecule has 37 heavy (non-hydrogen) atoms. The molecule has 0 radical (unpaired) electrons. The molecular formula is C23H28F3N7O3S. The molecule has 2 rings (SSSR count). The number of nitrogens with zero attached hydrogens (tertiary/aromatic N) is 4. The van der Waals surface area contributed by atoms with Crippen LogP contribution >= 0.6 is 11.3 Å². The molecule has 0 aliphatic rings. The summed E-state index contributed by atoms with van der Waals surface area (Å²) >= 11 is 0.776. The highest BCUT2D eigenvalue weighted by molar-refractivity contribution is 7.07. The van der Waals surface area contributed by atoms with E-state index in [-0.39, 0.29) is 39.5 Å². The summed E-state index contributed by atoms with van der Waals surface area (Å²) in [6.45, 7) is 6.17. The minimum Gasteiger partial charge on any atom is -0.345 e. The van der Waals surface area contributed by atoms with E-state index >= 15 is 0 Å². The fourth-order valence-electron chi connectivity index (χ4n) is 2.82. The number of hydrogen-bond acceptors (Lipinski definition) is 8. The van der Waals surface area contributed by atoms with Crippen LogP contribution in [0.5, 0.6) is 0 Å². The molecule has 0 unspecified atom stereocenters. The summed E-state index contributed by atoms with van der Waals surface area (Å²) < 4.78 is 38.5. The Balaban J connectivity index is 2.31. The number of nitrogens with one attached hydrogen (secondary N) is 3. The van der Waals surface area contributed by atoms with Crippen LogP contribution in [0.3, 0.4) is 0 Å². The number of hydrogen-bond donors (Lipinski definition) is 3. The number of rotatable bonds is 8. The summed E-state index contributed by atoms with van der Waals surface area (Å²) in [5, 5.41) is 16.6. The van der Waals surface area contributed by atoms with Gasteiger partial charge in [0.25, 0.3) is 11.5 Å². The second-order valence-corrected chi connectivity index (χ2v) is 9.91. The minimum absolute atomic E-state index is 0.0698. The number of alkyl halides is 3. The van der Waals surface area contributed by atoms with Crippen LogP contribution in [0.25, 0.3) is 11.8 Å². The van der Waals surface area contributed by atoms with Crippen molar-refractivity contribution in [2.45, 2.75) is 46.0 Å². The van der Waals surface area contributed by atoms with Crippen molar-refractivity contribution in [2.75, 3.05) is 30.8 Å². The van der Waals surface area contributed by atoms with Crippen molar-refractivity contribution in [3.05, 3.63) is 37.7 Å². The zero-order valence-corrected chi connectivity index (χ0v) is 21.8. The number of anilines is 2. The lowest BCUT2D eigenvalue weighted by Gasteiger charge is -2.31. The maximum atomic E-state index is 12.8. The van der Waals surface area contributed by atoms with Crippen molar-refractivity contribution in [3.63, 3.8) is 0 Å². The Labute approximate surface area is 215 Å². The molecule has 14 heteroatoms. The molecule has 0 fully saturated rings. The Kier molecular flexibility index (Phi) is 9.60. The minimum atomic E-state index is -4.65. The Morgan fingerprint density at radius 2 is 1.89 bits per heavy atom. The molecule has 2 amide bonds. The van der Waals surface area contributed by atoms with Gasteiger partial charge in [-0.3, -0.25) is 23.9 Å². The van der Waals surface area contributed by atoms with Gasteiger partial charge in [-0.2, -0.15) is 18.4 Å². The van der Waals surface area contributed by atoms with Crippen molar-refractivity contribution >= 4 is 46.6 Å². The van der Waals surface area contributed by atoms with E-state index in [2.05, 4.69) is 15.6 Å². The maximum Gasteiger partial charge on any atom is 0.405 e. The number of halogens is 3. The van der Waals surface area contributed by atoms with Crippen LogP contribution in [-0.4, -0.2) is 58.1 Å². The predicted molar refractivity (Wildman–Crippen MR) is 135 cm³/mol. The van der Waals surface area contributed by atoms with Crippen molar-refractivity contribution < 1.29 is 22.8 Å². The quantitative estimate of drug-likeness (QED) is 0.459. The van der Waals surface area contributed by atoms with E-state index in [0.717, 1.165) is 15.9 Å². The highest BCUT2D eigenvalue weighted by Crippen LogP contribution is 2.13. The van der Waals surface area contributed by atoms with Gasteiger partial charge in [0, 0.05) is 18.3 Å². The van der Waals surface area contributed by atoms with Crippen molar-refractivity contribution in [3.8, 4) is 6.07 Å². The molecule has 200 valence electrons. The summed E-state index contributed by atoms with van der Waals surface area (Å²) in [6, 6.07) is 6.42. The zero-order chi connectivity index (χ0) is 28.0. The molecule has 0 aliphatic heterocycles. The lowest BCUT2D eigenvalue weighted by molar-refractivity contribution is -0.135. The van der Waals surface area contributed by atoms with Gasteiger partial charge in [0.05, 0.1) is 6.54 Å². The van der Waals surface area contributed by atoms with Crippen LogP contribution in [0.1, 0.15) is 27.7 Å². The molecule has 10 nitrogen and oxygen atoms in total. The van der Waals surface area contributed by atoms with Gasteiger partial charge < -0.3 is 16.0 Å². The fourth-order valence-corrected chi connectivity index (χ4v) is 3.90. The average molecular weight is 540 g/mol. The van der Waals surface area contributed by atoms with Gasteiger partial charge in [-0.25, -0.2) is 4.98 Å². The number of carbonyl (C=O) groups is 2. The van der Waals surface area contributed by atoms with Gasteiger partial charge >= 0.3 is 6.18 Å². The molecule has 2 aromatic rings. The number of likely N-dealkylation sites (N-methyl/N-ethyl adjacent to an activating group) is 1.